The number of non-ortho nitro benzene ring substituents is 1. The number of nitrogens with zero attached hydrogens (tertiary/aromatic N) is 2. The van der Waals surface area contributed by atoms with Crippen molar-refractivity contribution < 1.29 is 22.9 Å². The molecule has 0 radical (unpaired) electrons. The maximum absolute atomic E-state index is 12.6. The van der Waals surface area contributed by atoms with Crippen molar-refractivity contribution in [3.63, 3.8) is 0 Å². The average Bonchev–Trinajstić information content (AvgIpc) is 2.89. The van der Waals surface area contributed by atoms with Crippen LogP contribution >= 0.6 is 0 Å². The molecule has 0 amide bonds. The van der Waals surface area contributed by atoms with E-state index in [-0.39, 0.29) is 22.7 Å². The second kappa shape index (κ2) is 5.76. The summed E-state index contributed by atoms with van der Waals surface area (Å²) in [7, 11) is -2.84. The van der Waals surface area contributed by atoms with Gasteiger partial charge in [0.1, 0.15) is 6.04 Å². The number of esters is 1. The molecular weight excluding hydrogens is 312 g/mol. The number of methoxy groups -OCH3 is 1. The number of allylic oxidation sites excluding steroid dienone is 1. The largest absolute Gasteiger partial charge is 0.467 e. The fourth-order valence-electron chi connectivity index (χ4n) is 2.29. The van der Waals surface area contributed by atoms with Crippen LogP contribution in [0.4, 0.5) is 5.69 Å². The lowest BCUT2D eigenvalue weighted by Gasteiger charge is -2.25. The Morgan fingerprint density at radius 1 is 1.41 bits per heavy atom. The third-order valence-electron chi connectivity index (χ3n) is 3.38. The van der Waals surface area contributed by atoms with Gasteiger partial charge in [0, 0.05) is 17.8 Å². The summed E-state index contributed by atoms with van der Waals surface area (Å²) >= 11 is 0. The summed E-state index contributed by atoms with van der Waals surface area (Å²) in [5.41, 5.74) is 0.0671. The number of hydrogen-bond donors (Lipinski definition) is 0. The Hall–Kier alpha value is -2.42. The van der Waals surface area contributed by atoms with Crippen LogP contribution in [0.1, 0.15) is 12.8 Å². The van der Waals surface area contributed by atoms with Crippen LogP contribution in [0.15, 0.2) is 41.4 Å². The SMILES string of the molecule is C=C1CC[C@H](C(=O)OC)N1S(=O)(=O)c1ccc([N+](=O)[O-])cc1. The summed E-state index contributed by atoms with van der Waals surface area (Å²) in [4.78, 5) is 21.6. The molecule has 0 aliphatic carbocycles. The van der Waals surface area contributed by atoms with Crippen molar-refractivity contribution in [1.29, 1.82) is 0 Å². The fourth-order valence-corrected chi connectivity index (χ4v) is 3.96. The molecule has 1 saturated heterocycles. The van der Waals surface area contributed by atoms with Gasteiger partial charge in [0.05, 0.1) is 16.9 Å². The second-order valence-corrected chi connectivity index (χ2v) is 6.51. The van der Waals surface area contributed by atoms with Gasteiger partial charge in [-0.25, -0.2) is 13.2 Å². The molecule has 1 aromatic carbocycles. The Morgan fingerprint density at radius 2 is 2.00 bits per heavy atom. The van der Waals surface area contributed by atoms with Gasteiger partial charge in [0.2, 0.25) is 0 Å². The van der Waals surface area contributed by atoms with E-state index in [9.17, 15) is 23.3 Å². The molecule has 1 aliphatic heterocycles. The lowest BCUT2D eigenvalue weighted by molar-refractivity contribution is -0.384. The number of ether oxygens (including phenoxy) is 1. The number of carbonyl (C=O) groups is 1. The van der Waals surface area contributed by atoms with E-state index in [4.69, 9.17) is 0 Å². The van der Waals surface area contributed by atoms with Gasteiger partial charge in [-0.05, 0) is 25.0 Å². The van der Waals surface area contributed by atoms with Gasteiger partial charge in [0.25, 0.3) is 15.7 Å². The van der Waals surface area contributed by atoms with Crippen LogP contribution < -0.4 is 0 Å². The van der Waals surface area contributed by atoms with Gasteiger partial charge >= 0.3 is 5.97 Å². The number of sulfonamides is 1. The highest BCUT2D eigenvalue weighted by Gasteiger charge is 2.41. The Balaban J connectivity index is 2.41. The van der Waals surface area contributed by atoms with Crippen molar-refractivity contribution in [3.8, 4) is 0 Å². The van der Waals surface area contributed by atoms with Crippen LogP contribution in [0.5, 0.6) is 0 Å². The molecule has 0 spiro atoms. The van der Waals surface area contributed by atoms with Gasteiger partial charge < -0.3 is 4.74 Å². The average molecular weight is 326 g/mol. The molecule has 1 heterocycles. The molecule has 1 atom stereocenters. The Kier molecular flexibility index (Phi) is 4.18. The predicted molar refractivity (Wildman–Crippen MR) is 76.3 cm³/mol. The number of rotatable bonds is 4. The molecule has 1 aliphatic rings. The first-order valence-electron chi connectivity index (χ1n) is 6.33. The highest BCUT2D eigenvalue weighted by atomic mass is 32.2. The lowest BCUT2D eigenvalue weighted by Crippen LogP contribution is -2.40. The van der Waals surface area contributed by atoms with E-state index in [2.05, 4.69) is 11.3 Å². The minimum absolute atomic E-state index is 0.143. The van der Waals surface area contributed by atoms with E-state index in [0.29, 0.717) is 6.42 Å². The number of hydrogen-bond acceptors (Lipinski definition) is 6. The van der Waals surface area contributed by atoms with E-state index >= 15 is 0 Å². The van der Waals surface area contributed by atoms with Gasteiger partial charge in [-0.1, -0.05) is 6.58 Å². The van der Waals surface area contributed by atoms with Crippen molar-refractivity contribution in [3.05, 3.63) is 46.7 Å². The van der Waals surface area contributed by atoms with Crippen molar-refractivity contribution >= 4 is 21.7 Å². The van der Waals surface area contributed by atoms with Gasteiger partial charge in [-0.2, -0.15) is 0 Å². The van der Waals surface area contributed by atoms with Crippen molar-refractivity contribution in [2.24, 2.45) is 0 Å². The summed E-state index contributed by atoms with van der Waals surface area (Å²) in [5, 5.41) is 10.6. The fraction of sp³-hybridized carbons (Fsp3) is 0.308. The molecule has 2 rings (SSSR count). The highest BCUT2D eigenvalue weighted by molar-refractivity contribution is 7.89. The van der Waals surface area contributed by atoms with Crippen LogP contribution in [0, 0.1) is 10.1 Å². The molecule has 22 heavy (non-hydrogen) atoms. The number of nitro groups is 1. The zero-order valence-corrected chi connectivity index (χ0v) is 12.6. The van der Waals surface area contributed by atoms with E-state index in [1.807, 2.05) is 0 Å². The Labute approximate surface area is 127 Å². The lowest BCUT2D eigenvalue weighted by atomic mass is 10.2. The van der Waals surface area contributed by atoms with Crippen LogP contribution in [-0.2, 0) is 19.6 Å². The third kappa shape index (κ3) is 2.67. The summed E-state index contributed by atoms with van der Waals surface area (Å²) in [5.74, 6) is -0.663. The standard InChI is InChI=1S/C13H14N2O6S/c1-9-3-8-12(13(16)21-2)14(9)22(19,20)11-6-4-10(5-7-11)15(17)18/h4-7,12H,1,3,8H2,2H3/t12-/m1/s1. The summed E-state index contributed by atoms with van der Waals surface area (Å²) in [6, 6.07) is 3.50. The molecule has 8 nitrogen and oxygen atoms in total. The maximum atomic E-state index is 12.6. The topological polar surface area (TPSA) is 107 Å². The summed E-state index contributed by atoms with van der Waals surface area (Å²) in [6.07, 6.45) is 0.643. The molecular formula is C13H14N2O6S. The van der Waals surface area contributed by atoms with Crippen LogP contribution in [0.25, 0.3) is 0 Å². The van der Waals surface area contributed by atoms with E-state index in [0.717, 1.165) is 28.6 Å². The number of nitro benzene ring substituents is 1. The van der Waals surface area contributed by atoms with Crippen molar-refractivity contribution in [2.45, 2.75) is 23.8 Å². The third-order valence-corrected chi connectivity index (χ3v) is 5.28. The number of carbonyl (C=O) groups excluding carboxylic acids is 1. The molecule has 0 bridgehead atoms. The van der Waals surface area contributed by atoms with Crippen LogP contribution in [0.2, 0.25) is 0 Å². The van der Waals surface area contributed by atoms with Crippen molar-refractivity contribution in [2.75, 3.05) is 7.11 Å². The minimum Gasteiger partial charge on any atom is -0.467 e. The van der Waals surface area contributed by atoms with Crippen LogP contribution in [-0.4, -0.2) is 36.8 Å². The normalized spacial score (nSPS) is 18.3. The molecule has 0 N–H and O–H groups in total. The summed E-state index contributed by atoms with van der Waals surface area (Å²) < 4.78 is 30.8. The first kappa shape index (κ1) is 16.0. The first-order valence-corrected chi connectivity index (χ1v) is 7.77. The second-order valence-electron chi connectivity index (χ2n) is 4.70. The molecule has 0 unspecified atom stereocenters. The first-order chi connectivity index (χ1) is 10.3. The van der Waals surface area contributed by atoms with E-state index < -0.39 is 27.0 Å². The molecule has 1 aromatic rings. The highest BCUT2D eigenvalue weighted by Crippen LogP contribution is 2.33. The molecule has 9 heteroatoms. The Morgan fingerprint density at radius 3 is 2.50 bits per heavy atom. The van der Waals surface area contributed by atoms with E-state index in [1.165, 1.54) is 7.11 Å². The van der Waals surface area contributed by atoms with Gasteiger partial charge in [0.15, 0.2) is 0 Å². The number of benzene rings is 1. The molecule has 0 aromatic heterocycles. The predicted octanol–water partition coefficient (Wildman–Crippen LogP) is 1.43. The van der Waals surface area contributed by atoms with Gasteiger partial charge in [-0.3, -0.25) is 14.4 Å². The zero-order valence-electron chi connectivity index (χ0n) is 11.8. The zero-order chi connectivity index (χ0) is 16.5. The van der Waals surface area contributed by atoms with Crippen LogP contribution in [0.3, 0.4) is 0 Å². The van der Waals surface area contributed by atoms with Gasteiger partial charge in [-0.15, -0.1) is 0 Å². The smallest absolute Gasteiger partial charge is 0.329 e. The quantitative estimate of drug-likeness (QED) is 0.471. The molecule has 1 fully saturated rings. The van der Waals surface area contributed by atoms with Crippen molar-refractivity contribution in [1.82, 2.24) is 4.31 Å². The minimum atomic E-state index is -4.02. The maximum Gasteiger partial charge on any atom is 0.329 e. The Bertz CT molecular complexity index is 725. The molecule has 0 saturated carbocycles. The monoisotopic (exact) mass is 326 g/mol. The van der Waals surface area contributed by atoms with E-state index in [1.54, 1.807) is 0 Å². The summed E-state index contributed by atoms with van der Waals surface area (Å²) in [6.45, 7) is 3.67. The molecule has 118 valence electrons.